The number of likely N-dealkylation sites (tertiary alicyclic amines) is 1. The summed E-state index contributed by atoms with van der Waals surface area (Å²) in [6.45, 7) is 9.67. The van der Waals surface area contributed by atoms with E-state index in [1.165, 1.54) is 0 Å². The summed E-state index contributed by atoms with van der Waals surface area (Å²) in [5.74, 6) is 0.674. The van der Waals surface area contributed by atoms with Crippen LogP contribution in [0.1, 0.15) is 34.9 Å². The molecule has 0 aliphatic carbocycles. The number of hydrogen-bond acceptors (Lipinski definition) is 5. The molecule has 5 nitrogen and oxygen atoms in total. The molecule has 0 unspecified atom stereocenters. The second-order valence-electron chi connectivity index (χ2n) is 6.27. The number of hydrogen-bond donors (Lipinski definition) is 0. The summed E-state index contributed by atoms with van der Waals surface area (Å²) in [6.07, 6.45) is 3.79. The molecule has 0 spiro atoms. The minimum atomic E-state index is 0.155. The Labute approximate surface area is 136 Å². The number of carbonyl (C=O) groups is 1. The highest BCUT2D eigenvalue weighted by Gasteiger charge is 2.37. The summed E-state index contributed by atoms with van der Waals surface area (Å²) in [5, 5.41) is 1.07. The molecule has 1 amide bonds. The van der Waals surface area contributed by atoms with Crippen LogP contribution in [0.2, 0.25) is 0 Å². The summed E-state index contributed by atoms with van der Waals surface area (Å²) in [7, 11) is 0. The lowest BCUT2D eigenvalue weighted by molar-refractivity contribution is 0.0119. The van der Waals surface area contributed by atoms with E-state index in [0.29, 0.717) is 12.0 Å². The van der Waals surface area contributed by atoms with E-state index in [4.69, 9.17) is 4.74 Å². The summed E-state index contributed by atoms with van der Waals surface area (Å²) in [4.78, 5) is 22.3. The van der Waals surface area contributed by atoms with Gasteiger partial charge in [0.1, 0.15) is 4.88 Å². The van der Waals surface area contributed by atoms with E-state index < -0.39 is 0 Å². The number of amides is 1. The van der Waals surface area contributed by atoms with Crippen molar-refractivity contribution < 1.29 is 9.53 Å². The molecule has 0 radical (unpaired) electrons. The minimum absolute atomic E-state index is 0.155. The van der Waals surface area contributed by atoms with E-state index in [1.807, 2.05) is 4.90 Å². The van der Waals surface area contributed by atoms with E-state index in [-0.39, 0.29) is 5.91 Å². The van der Waals surface area contributed by atoms with Gasteiger partial charge in [-0.05, 0) is 18.8 Å². The molecule has 0 saturated carbocycles. The molecule has 3 rings (SSSR count). The van der Waals surface area contributed by atoms with Gasteiger partial charge in [-0.2, -0.15) is 0 Å². The number of aryl methyl sites for hydroxylation is 1. The van der Waals surface area contributed by atoms with Gasteiger partial charge in [-0.15, -0.1) is 11.3 Å². The van der Waals surface area contributed by atoms with Crippen molar-refractivity contribution in [3.8, 4) is 0 Å². The summed E-state index contributed by atoms with van der Waals surface area (Å²) < 4.78 is 5.44. The second kappa shape index (κ2) is 7.06. The molecule has 1 aromatic rings. The van der Waals surface area contributed by atoms with Crippen LogP contribution in [0.4, 0.5) is 0 Å². The number of morpholine rings is 1. The Morgan fingerprint density at radius 3 is 2.91 bits per heavy atom. The number of carbonyl (C=O) groups excluding carboxylic acids is 1. The molecule has 2 atom stereocenters. The highest BCUT2D eigenvalue weighted by atomic mass is 32.1. The van der Waals surface area contributed by atoms with Crippen LogP contribution in [0.25, 0.3) is 0 Å². The van der Waals surface area contributed by atoms with Crippen molar-refractivity contribution in [1.29, 1.82) is 0 Å². The number of rotatable bonds is 4. The Kier molecular flexibility index (Phi) is 5.10. The molecule has 22 heavy (non-hydrogen) atoms. The molecule has 0 N–H and O–H groups in total. The van der Waals surface area contributed by atoms with Gasteiger partial charge in [-0.1, -0.05) is 13.8 Å². The Bertz CT molecular complexity index is 513. The molecule has 2 saturated heterocycles. The van der Waals surface area contributed by atoms with E-state index in [9.17, 15) is 4.79 Å². The zero-order valence-electron chi connectivity index (χ0n) is 13.5. The summed E-state index contributed by atoms with van der Waals surface area (Å²) in [5.41, 5.74) is 0. The SMILES string of the molecule is CCCc1ncc(C(=O)N2C[C@H](C)[C@@H](N3CCOCC3)C2)s1. The van der Waals surface area contributed by atoms with E-state index in [2.05, 4.69) is 23.7 Å². The van der Waals surface area contributed by atoms with Crippen molar-refractivity contribution in [3.05, 3.63) is 16.1 Å². The first-order valence-electron chi connectivity index (χ1n) is 8.24. The van der Waals surface area contributed by atoms with Crippen LogP contribution in [-0.4, -0.2) is 66.1 Å². The number of aromatic nitrogens is 1. The quantitative estimate of drug-likeness (QED) is 0.849. The average Bonchev–Trinajstić information content (AvgIpc) is 3.15. The molecule has 0 aromatic carbocycles. The summed E-state index contributed by atoms with van der Waals surface area (Å²) in [6, 6.07) is 0.468. The first-order valence-corrected chi connectivity index (χ1v) is 9.06. The fourth-order valence-electron chi connectivity index (χ4n) is 3.39. The van der Waals surface area contributed by atoms with Crippen LogP contribution in [0.5, 0.6) is 0 Å². The van der Waals surface area contributed by atoms with Gasteiger partial charge in [0.25, 0.3) is 5.91 Å². The normalized spacial score (nSPS) is 26.5. The molecular formula is C16H25N3O2S. The maximum Gasteiger partial charge on any atom is 0.265 e. The molecule has 2 aliphatic rings. The lowest BCUT2D eigenvalue weighted by atomic mass is 10.0. The van der Waals surface area contributed by atoms with Crippen LogP contribution in [-0.2, 0) is 11.2 Å². The zero-order chi connectivity index (χ0) is 15.5. The highest BCUT2D eigenvalue weighted by molar-refractivity contribution is 7.13. The van der Waals surface area contributed by atoms with Crippen molar-refractivity contribution in [2.24, 2.45) is 5.92 Å². The van der Waals surface area contributed by atoms with Crippen LogP contribution < -0.4 is 0 Å². The van der Waals surface area contributed by atoms with E-state index >= 15 is 0 Å². The monoisotopic (exact) mass is 323 g/mol. The minimum Gasteiger partial charge on any atom is -0.379 e. The van der Waals surface area contributed by atoms with Crippen molar-refractivity contribution in [1.82, 2.24) is 14.8 Å². The van der Waals surface area contributed by atoms with Gasteiger partial charge in [-0.25, -0.2) is 4.98 Å². The maximum absolute atomic E-state index is 12.7. The molecule has 122 valence electrons. The maximum atomic E-state index is 12.7. The standard InChI is InChI=1S/C16H25N3O2S/c1-3-4-15-17-9-14(22-15)16(20)19-10-12(2)13(11-19)18-5-7-21-8-6-18/h9,12-13H,3-8,10-11H2,1-2H3/t12-,13-/m0/s1. The lowest BCUT2D eigenvalue weighted by Gasteiger charge is -2.33. The third kappa shape index (κ3) is 3.34. The van der Waals surface area contributed by atoms with Gasteiger partial charge in [0.05, 0.1) is 24.4 Å². The van der Waals surface area contributed by atoms with Crippen molar-refractivity contribution in [3.63, 3.8) is 0 Å². The number of ether oxygens (including phenoxy) is 1. The van der Waals surface area contributed by atoms with Gasteiger partial charge in [0.15, 0.2) is 0 Å². The topological polar surface area (TPSA) is 45.7 Å². The molecule has 2 fully saturated rings. The van der Waals surface area contributed by atoms with Crippen molar-refractivity contribution >= 4 is 17.2 Å². The van der Waals surface area contributed by atoms with Crippen LogP contribution >= 0.6 is 11.3 Å². The van der Waals surface area contributed by atoms with Gasteiger partial charge in [0, 0.05) is 32.2 Å². The smallest absolute Gasteiger partial charge is 0.265 e. The Hall–Kier alpha value is -0.980. The highest BCUT2D eigenvalue weighted by Crippen LogP contribution is 2.25. The van der Waals surface area contributed by atoms with Crippen molar-refractivity contribution in [2.45, 2.75) is 32.7 Å². The van der Waals surface area contributed by atoms with Crippen LogP contribution in [0.3, 0.4) is 0 Å². The first-order chi connectivity index (χ1) is 10.7. The fourth-order valence-corrected chi connectivity index (χ4v) is 4.38. The van der Waals surface area contributed by atoms with Crippen LogP contribution in [0.15, 0.2) is 6.20 Å². The Morgan fingerprint density at radius 2 is 2.18 bits per heavy atom. The van der Waals surface area contributed by atoms with E-state index in [1.54, 1.807) is 17.5 Å². The molecule has 0 bridgehead atoms. The fraction of sp³-hybridized carbons (Fsp3) is 0.750. The molecule has 3 heterocycles. The lowest BCUT2D eigenvalue weighted by Crippen LogP contribution is -2.47. The third-order valence-electron chi connectivity index (χ3n) is 4.60. The molecular weight excluding hydrogens is 298 g/mol. The Morgan fingerprint density at radius 1 is 1.41 bits per heavy atom. The molecule has 2 aliphatic heterocycles. The predicted molar refractivity (Wildman–Crippen MR) is 87.4 cm³/mol. The van der Waals surface area contributed by atoms with E-state index in [0.717, 1.165) is 62.1 Å². The van der Waals surface area contributed by atoms with Gasteiger partial charge in [-0.3, -0.25) is 9.69 Å². The van der Waals surface area contributed by atoms with Gasteiger partial charge < -0.3 is 9.64 Å². The average molecular weight is 323 g/mol. The second-order valence-corrected chi connectivity index (χ2v) is 7.39. The van der Waals surface area contributed by atoms with Gasteiger partial charge in [0.2, 0.25) is 0 Å². The zero-order valence-corrected chi connectivity index (χ0v) is 14.3. The largest absolute Gasteiger partial charge is 0.379 e. The molecule has 6 heteroatoms. The Balaban J connectivity index is 1.63. The molecule has 1 aromatic heterocycles. The number of thiazole rings is 1. The number of nitrogens with zero attached hydrogens (tertiary/aromatic N) is 3. The van der Waals surface area contributed by atoms with Crippen LogP contribution in [0, 0.1) is 5.92 Å². The van der Waals surface area contributed by atoms with Crippen molar-refractivity contribution in [2.75, 3.05) is 39.4 Å². The first kappa shape index (κ1) is 15.9. The van der Waals surface area contributed by atoms with Gasteiger partial charge >= 0.3 is 0 Å². The third-order valence-corrected chi connectivity index (χ3v) is 5.65. The predicted octanol–water partition coefficient (Wildman–Crippen LogP) is 1.89. The summed E-state index contributed by atoms with van der Waals surface area (Å²) >= 11 is 1.55.